The van der Waals surface area contributed by atoms with Gasteiger partial charge < -0.3 is 24.3 Å². The molecule has 1 aliphatic carbocycles. The molecule has 3 aliphatic rings. The molecule has 0 spiro atoms. The van der Waals surface area contributed by atoms with E-state index in [1.54, 1.807) is 12.3 Å². The molecule has 3 fully saturated rings. The van der Waals surface area contributed by atoms with Crippen molar-refractivity contribution < 1.29 is 32.5 Å². The van der Waals surface area contributed by atoms with Crippen molar-refractivity contribution in [3.05, 3.63) is 42.2 Å². The van der Waals surface area contributed by atoms with Gasteiger partial charge in [0.15, 0.2) is 0 Å². The molecule has 208 valence electrons. The number of ether oxygens (including phenoxy) is 4. The van der Waals surface area contributed by atoms with Crippen LogP contribution in [0.25, 0.3) is 16.9 Å². The van der Waals surface area contributed by atoms with Crippen molar-refractivity contribution in [2.45, 2.75) is 44.4 Å². The summed E-state index contributed by atoms with van der Waals surface area (Å²) in [6.45, 7) is 1.31. The van der Waals surface area contributed by atoms with E-state index in [4.69, 9.17) is 18.9 Å². The second-order valence-electron chi connectivity index (χ2n) is 10.4. The molecule has 2 aromatic heterocycles. The lowest BCUT2D eigenvalue weighted by Gasteiger charge is -2.41. The van der Waals surface area contributed by atoms with Crippen molar-refractivity contribution in [1.29, 1.82) is 0 Å². The van der Waals surface area contributed by atoms with Gasteiger partial charge in [-0.3, -0.25) is 14.1 Å². The van der Waals surface area contributed by atoms with Gasteiger partial charge >= 0.3 is 6.61 Å². The Morgan fingerprint density at radius 1 is 1.21 bits per heavy atom. The van der Waals surface area contributed by atoms with Gasteiger partial charge in [-0.1, -0.05) is 0 Å². The molecular formula is C28H32F2N4O5. The zero-order valence-corrected chi connectivity index (χ0v) is 21.8. The summed E-state index contributed by atoms with van der Waals surface area (Å²) < 4.78 is 50.1. The topological polar surface area (TPSA) is 86.6 Å². The van der Waals surface area contributed by atoms with E-state index in [0.717, 1.165) is 57.7 Å². The van der Waals surface area contributed by atoms with Gasteiger partial charge in [0.05, 0.1) is 44.9 Å². The average Bonchev–Trinajstić information content (AvgIpc) is 3.60. The number of carbonyl (C=O) groups is 1. The minimum atomic E-state index is -3.10. The van der Waals surface area contributed by atoms with Crippen molar-refractivity contribution in [3.8, 4) is 28.5 Å². The largest absolute Gasteiger partial charge is 0.496 e. The SMILES string of the molecule is COc1cc(-c2cnc3cc(OC[C@H]4CCCN(C5COC5)C4)ccn23)cc(OC(F)F)c1C(=O)NC1CC1. The fraction of sp³-hybridized carbons (Fsp3) is 0.500. The number of likely N-dealkylation sites (tertiary alicyclic amines) is 1. The number of amides is 1. The summed E-state index contributed by atoms with van der Waals surface area (Å²) in [6, 6.07) is 7.37. The Morgan fingerprint density at radius 2 is 2.03 bits per heavy atom. The van der Waals surface area contributed by atoms with Gasteiger partial charge in [0, 0.05) is 36.3 Å². The number of fused-ring (bicyclic) bond motifs is 1. The highest BCUT2D eigenvalue weighted by atomic mass is 19.3. The third kappa shape index (κ3) is 5.65. The minimum absolute atomic E-state index is 0.0471. The van der Waals surface area contributed by atoms with E-state index in [0.29, 0.717) is 35.5 Å². The van der Waals surface area contributed by atoms with Gasteiger partial charge in [-0.2, -0.15) is 8.78 Å². The number of nitrogens with one attached hydrogen (secondary N) is 1. The average molecular weight is 543 g/mol. The maximum atomic E-state index is 13.3. The highest BCUT2D eigenvalue weighted by molar-refractivity contribution is 6.01. The number of halogens is 2. The molecule has 2 aliphatic heterocycles. The van der Waals surface area contributed by atoms with Crippen LogP contribution in [0.1, 0.15) is 36.0 Å². The van der Waals surface area contributed by atoms with Gasteiger partial charge in [0.2, 0.25) is 0 Å². The third-order valence-electron chi connectivity index (χ3n) is 7.60. The first-order valence-corrected chi connectivity index (χ1v) is 13.4. The molecule has 6 rings (SSSR count). The molecule has 3 aromatic rings. The standard InChI is InChI=1S/C28H32F2N4O5/c1-36-23-9-18(10-24(39-28(29)30)26(23)27(35)32-19-4-5-19)22-12-31-25-11-21(6-8-34(22)25)38-14-17-3-2-7-33(13-17)20-15-37-16-20/h6,8-12,17,19-20,28H,2-5,7,13-16H2,1H3,(H,32,35)/t17-/m0/s1. The van der Waals surface area contributed by atoms with E-state index >= 15 is 0 Å². The number of pyridine rings is 1. The Morgan fingerprint density at radius 3 is 2.74 bits per heavy atom. The lowest BCUT2D eigenvalue weighted by atomic mass is 9.97. The molecule has 9 nitrogen and oxygen atoms in total. The summed E-state index contributed by atoms with van der Waals surface area (Å²) in [4.78, 5) is 19.8. The molecule has 1 amide bonds. The van der Waals surface area contributed by atoms with Crippen molar-refractivity contribution in [2.24, 2.45) is 5.92 Å². The maximum absolute atomic E-state index is 13.3. The normalized spacial score (nSPS) is 20.2. The van der Waals surface area contributed by atoms with Crippen LogP contribution in [0.2, 0.25) is 0 Å². The number of rotatable bonds is 10. The van der Waals surface area contributed by atoms with Crippen LogP contribution < -0.4 is 19.5 Å². The summed E-state index contributed by atoms with van der Waals surface area (Å²) in [6.07, 6.45) is 7.50. The molecular weight excluding hydrogens is 510 g/mol. The number of benzene rings is 1. The number of nitrogens with zero attached hydrogens (tertiary/aromatic N) is 3. The van der Waals surface area contributed by atoms with E-state index in [1.807, 2.05) is 22.7 Å². The number of hydrogen-bond donors (Lipinski definition) is 1. The van der Waals surface area contributed by atoms with Crippen LogP contribution in [0.4, 0.5) is 8.78 Å². The number of carbonyl (C=O) groups excluding carboxylic acids is 1. The van der Waals surface area contributed by atoms with Crippen LogP contribution in [-0.2, 0) is 4.74 Å². The van der Waals surface area contributed by atoms with Crippen molar-refractivity contribution in [1.82, 2.24) is 19.6 Å². The van der Waals surface area contributed by atoms with Gasteiger partial charge in [0.25, 0.3) is 5.91 Å². The molecule has 1 saturated carbocycles. The summed E-state index contributed by atoms with van der Waals surface area (Å²) in [7, 11) is 1.39. The van der Waals surface area contributed by atoms with Crippen molar-refractivity contribution in [2.75, 3.05) is 40.0 Å². The number of piperidine rings is 1. The second-order valence-corrected chi connectivity index (χ2v) is 10.4. The number of methoxy groups -OCH3 is 1. The van der Waals surface area contributed by atoms with Crippen molar-refractivity contribution in [3.63, 3.8) is 0 Å². The lowest BCUT2D eigenvalue weighted by molar-refractivity contribution is -0.0783. The van der Waals surface area contributed by atoms with Crippen molar-refractivity contribution >= 4 is 11.6 Å². The Hall–Kier alpha value is -3.44. The Balaban J connectivity index is 1.22. The highest BCUT2D eigenvalue weighted by Gasteiger charge is 2.31. The van der Waals surface area contributed by atoms with E-state index in [9.17, 15) is 13.6 Å². The molecule has 2 saturated heterocycles. The third-order valence-corrected chi connectivity index (χ3v) is 7.60. The number of hydrogen-bond acceptors (Lipinski definition) is 7. The molecule has 0 bridgehead atoms. The van der Waals surface area contributed by atoms with Gasteiger partial charge in [-0.25, -0.2) is 4.98 Å². The Labute approximate surface area is 225 Å². The van der Waals surface area contributed by atoms with Crippen LogP contribution in [0.15, 0.2) is 36.7 Å². The van der Waals surface area contributed by atoms with Gasteiger partial charge in [-0.05, 0) is 50.4 Å². The van der Waals surface area contributed by atoms with Crippen LogP contribution >= 0.6 is 0 Å². The van der Waals surface area contributed by atoms with E-state index < -0.39 is 12.5 Å². The second kappa shape index (κ2) is 11.0. The number of aromatic nitrogens is 2. The molecule has 11 heteroatoms. The zero-order chi connectivity index (χ0) is 26.9. The van der Waals surface area contributed by atoms with E-state index in [-0.39, 0.29) is 23.1 Å². The van der Waals surface area contributed by atoms with Gasteiger partial charge in [0.1, 0.15) is 28.5 Å². The molecule has 4 heterocycles. The predicted molar refractivity (Wildman–Crippen MR) is 139 cm³/mol. The van der Waals surface area contributed by atoms with Crippen LogP contribution in [0.5, 0.6) is 17.2 Å². The number of alkyl halides is 2. The minimum Gasteiger partial charge on any atom is -0.496 e. The first kappa shape index (κ1) is 25.8. The molecule has 1 atom stereocenters. The summed E-state index contributed by atoms with van der Waals surface area (Å²) >= 11 is 0. The lowest BCUT2D eigenvalue weighted by Crippen LogP contribution is -2.53. The fourth-order valence-electron chi connectivity index (χ4n) is 5.28. The van der Waals surface area contributed by atoms with Crippen LogP contribution in [0.3, 0.4) is 0 Å². The maximum Gasteiger partial charge on any atom is 0.387 e. The Bertz CT molecular complexity index is 1340. The summed E-state index contributed by atoms with van der Waals surface area (Å²) in [5, 5.41) is 2.81. The molecule has 1 aromatic carbocycles. The monoisotopic (exact) mass is 542 g/mol. The number of imidazole rings is 1. The zero-order valence-electron chi connectivity index (χ0n) is 21.8. The summed E-state index contributed by atoms with van der Waals surface area (Å²) in [5.74, 6) is 0.574. The highest BCUT2D eigenvalue weighted by Crippen LogP contribution is 2.37. The first-order valence-electron chi connectivity index (χ1n) is 13.4. The summed E-state index contributed by atoms with van der Waals surface area (Å²) in [5.41, 5.74) is 1.75. The molecule has 0 unspecified atom stereocenters. The smallest absolute Gasteiger partial charge is 0.387 e. The first-order chi connectivity index (χ1) is 19.0. The predicted octanol–water partition coefficient (Wildman–Crippen LogP) is 3.99. The van der Waals surface area contributed by atoms with Gasteiger partial charge in [-0.15, -0.1) is 0 Å². The fourth-order valence-corrected chi connectivity index (χ4v) is 5.28. The molecule has 0 radical (unpaired) electrons. The van der Waals surface area contributed by atoms with Crippen LogP contribution in [-0.4, -0.2) is 78.9 Å². The van der Waals surface area contributed by atoms with Crippen LogP contribution in [0, 0.1) is 5.92 Å². The quantitative estimate of drug-likeness (QED) is 0.415. The molecule has 39 heavy (non-hydrogen) atoms. The van der Waals surface area contributed by atoms with E-state index in [2.05, 4.69) is 15.2 Å². The molecule has 1 N–H and O–H groups in total. The Kier molecular flexibility index (Phi) is 7.26. The van der Waals surface area contributed by atoms with E-state index in [1.165, 1.54) is 13.2 Å².